The van der Waals surface area contributed by atoms with Crippen molar-refractivity contribution in [3.05, 3.63) is 72.2 Å². The number of allylic oxidation sites excluding steroid dienone is 1. The topological polar surface area (TPSA) is 70.4 Å². The van der Waals surface area contributed by atoms with Gasteiger partial charge in [-0.05, 0) is 43.2 Å². The minimum Gasteiger partial charge on any atom is -0.505 e. The van der Waals surface area contributed by atoms with Gasteiger partial charge < -0.3 is 10.4 Å². The molecule has 1 aliphatic rings. The Balaban J connectivity index is 1.83. The van der Waals surface area contributed by atoms with E-state index in [2.05, 4.69) is 20.3 Å². The molecule has 1 aliphatic heterocycles. The number of nitrogens with zero attached hydrogens (tertiary/aromatic N) is 3. The van der Waals surface area contributed by atoms with Crippen LogP contribution in [0.1, 0.15) is 23.6 Å². The lowest BCUT2D eigenvalue weighted by atomic mass is 9.88. The molecule has 0 saturated carbocycles. The molecule has 0 fully saturated rings. The van der Waals surface area contributed by atoms with Crippen molar-refractivity contribution in [2.45, 2.75) is 19.4 Å². The number of hydrogen-bond acceptors (Lipinski definition) is 5. The molecule has 2 N–H and O–H groups in total. The number of rotatable bonds is 4. The van der Waals surface area contributed by atoms with Crippen molar-refractivity contribution in [3.63, 3.8) is 0 Å². The molecule has 2 atom stereocenters. The highest BCUT2D eigenvalue weighted by Crippen LogP contribution is 2.39. The first-order valence-electron chi connectivity index (χ1n) is 8.67. The third kappa shape index (κ3) is 3.04. The number of aromatic nitrogens is 2. The third-order valence-corrected chi connectivity index (χ3v) is 4.71. The molecule has 0 bridgehead atoms. The predicted octanol–water partition coefficient (Wildman–Crippen LogP) is 4.40. The summed E-state index contributed by atoms with van der Waals surface area (Å²) in [5, 5.41) is 15.4. The molecule has 0 saturated heterocycles. The Kier molecular flexibility index (Phi) is 4.35. The van der Waals surface area contributed by atoms with Crippen LogP contribution in [0, 0.1) is 12.8 Å². The number of nitrogens with one attached hydrogen (secondary N) is 1. The fourth-order valence-corrected chi connectivity index (χ4v) is 3.41. The van der Waals surface area contributed by atoms with Crippen LogP contribution in [0.3, 0.4) is 0 Å². The first-order valence-corrected chi connectivity index (χ1v) is 8.67. The largest absolute Gasteiger partial charge is 0.505 e. The first kappa shape index (κ1) is 16.3. The van der Waals surface area contributed by atoms with E-state index < -0.39 is 0 Å². The van der Waals surface area contributed by atoms with Crippen LogP contribution >= 0.6 is 0 Å². The molecule has 3 aromatic rings. The van der Waals surface area contributed by atoms with Gasteiger partial charge in [-0.1, -0.05) is 18.2 Å². The van der Waals surface area contributed by atoms with Crippen LogP contribution in [0.5, 0.6) is 5.75 Å². The van der Waals surface area contributed by atoms with Crippen LogP contribution in [-0.2, 0) is 0 Å². The quantitative estimate of drug-likeness (QED) is 0.736. The Hall–Kier alpha value is -3.21. The minimum atomic E-state index is -0.163. The van der Waals surface area contributed by atoms with Gasteiger partial charge in [-0.2, -0.15) is 0 Å². The van der Waals surface area contributed by atoms with Crippen molar-refractivity contribution in [1.82, 2.24) is 9.97 Å². The highest BCUT2D eigenvalue weighted by Gasteiger charge is 2.26. The molecule has 5 heteroatoms. The molecule has 5 nitrogen and oxygen atoms in total. The average molecular weight is 344 g/mol. The Labute approximate surface area is 152 Å². The van der Waals surface area contributed by atoms with Crippen LogP contribution in [0.25, 0.3) is 10.9 Å². The summed E-state index contributed by atoms with van der Waals surface area (Å²) >= 11 is 0. The van der Waals surface area contributed by atoms with E-state index in [1.165, 1.54) is 0 Å². The van der Waals surface area contributed by atoms with Crippen molar-refractivity contribution in [1.29, 1.82) is 0 Å². The number of phenols is 1. The van der Waals surface area contributed by atoms with E-state index in [-0.39, 0.29) is 17.7 Å². The van der Waals surface area contributed by atoms with Gasteiger partial charge in [0, 0.05) is 41.7 Å². The fraction of sp³-hybridized carbons (Fsp3) is 0.190. The maximum Gasteiger partial charge on any atom is 0.147 e. The molecule has 3 heterocycles. The van der Waals surface area contributed by atoms with Gasteiger partial charge in [0.1, 0.15) is 17.1 Å². The number of anilines is 1. The van der Waals surface area contributed by atoms with E-state index in [4.69, 9.17) is 0 Å². The zero-order valence-electron chi connectivity index (χ0n) is 14.5. The second-order valence-electron chi connectivity index (χ2n) is 6.45. The summed E-state index contributed by atoms with van der Waals surface area (Å²) in [4.78, 5) is 13.1. The minimum absolute atomic E-state index is 0.105. The maximum atomic E-state index is 11.0. The average Bonchev–Trinajstić information content (AvgIpc) is 2.71. The second kappa shape index (κ2) is 6.96. The number of benzene rings is 1. The second-order valence-corrected chi connectivity index (χ2v) is 6.45. The number of aromatic hydroxyl groups is 1. The first-order chi connectivity index (χ1) is 12.7. The molecule has 1 aromatic carbocycles. The van der Waals surface area contributed by atoms with Crippen LogP contribution < -0.4 is 5.32 Å². The van der Waals surface area contributed by atoms with Crippen molar-refractivity contribution in [2.75, 3.05) is 5.32 Å². The van der Waals surface area contributed by atoms with Crippen LogP contribution in [-0.4, -0.2) is 21.3 Å². The summed E-state index contributed by atoms with van der Waals surface area (Å²) in [6.07, 6.45) is 10.1. The molecule has 2 unspecified atom stereocenters. The molecule has 0 aliphatic carbocycles. The lowest BCUT2D eigenvalue weighted by Gasteiger charge is -2.28. The molecule has 2 aromatic heterocycles. The van der Waals surface area contributed by atoms with Gasteiger partial charge in [-0.3, -0.25) is 9.98 Å². The molecular formula is C21H20N4O. The van der Waals surface area contributed by atoms with Crippen molar-refractivity contribution < 1.29 is 5.11 Å². The molecule has 4 rings (SSSR count). The van der Waals surface area contributed by atoms with E-state index in [0.717, 1.165) is 28.8 Å². The van der Waals surface area contributed by atoms with Gasteiger partial charge in [-0.15, -0.1) is 0 Å². The van der Waals surface area contributed by atoms with Gasteiger partial charge in [0.25, 0.3) is 0 Å². The molecule has 26 heavy (non-hydrogen) atoms. The van der Waals surface area contributed by atoms with Crippen molar-refractivity contribution in [2.24, 2.45) is 10.9 Å². The van der Waals surface area contributed by atoms with Gasteiger partial charge in [0.2, 0.25) is 0 Å². The van der Waals surface area contributed by atoms with Gasteiger partial charge in [0.05, 0.1) is 6.04 Å². The highest BCUT2D eigenvalue weighted by molar-refractivity contribution is 5.89. The smallest absolute Gasteiger partial charge is 0.147 e. The number of aliphatic imine (C=N–C) groups is 1. The monoisotopic (exact) mass is 344 g/mol. The Bertz CT molecular complexity index is 982. The van der Waals surface area contributed by atoms with Gasteiger partial charge >= 0.3 is 0 Å². The fourth-order valence-electron chi connectivity index (χ4n) is 3.41. The number of phenolic OH excluding ortho intramolecular Hbond substituents is 1. The molecular weight excluding hydrogens is 324 g/mol. The number of fused-ring (bicyclic) bond motifs is 1. The zero-order valence-corrected chi connectivity index (χ0v) is 14.5. The summed E-state index contributed by atoms with van der Waals surface area (Å²) < 4.78 is 0. The SMILES string of the molecule is Cc1cc(C(Nc2ccccn2)C2C=NC=CC2)c(O)c2ncccc12. The number of hydrogen-bond donors (Lipinski definition) is 2. The lowest BCUT2D eigenvalue weighted by molar-refractivity contribution is 0.460. The van der Waals surface area contributed by atoms with Gasteiger partial charge in [0.15, 0.2) is 0 Å². The summed E-state index contributed by atoms with van der Waals surface area (Å²) in [5.41, 5.74) is 2.52. The Morgan fingerprint density at radius 1 is 1.15 bits per heavy atom. The molecule has 0 amide bonds. The van der Waals surface area contributed by atoms with Crippen molar-refractivity contribution in [3.8, 4) is 5.75 Å². The standard InChI is InChI=1S/C21H20N4O/c1-14-12-17(21(26)20-16(14)7-5-11-24-20)19(15-6-4-9-22-13-15)25-18-8-2-3-10-23-18/h2-5,7-13,15,19,26H,6H2,1H3,(H,23,25). The molecule has 0 radical (unpaired) electrons. The summed E-state index contributed by atoms with van der Waals surface area (Å²) in [5.74, 6) is 1.08. The lowest BCUT2D eigenvalue weighted by Crippen LogP contribution is -2.23. The highest BCUT2D eigenvalue weighted by atomic mass is 16.3. The number of pyridine rings is 2. The van der Waals surface area contributed by atoms with Crippen LogP contribution in [0.15, 0.2) is 66.1 Å². The van der Waals surface area contributed by atoms with Crippen LogP contribution in [0.4, 0.5) is 5.82 Å². The summed E-state index contributed by atoms with van der Waals surface area (Å²) in [7, 11) is 0. The van der Waals surface area contributed by atoms with E-state index in [9.17, 15) is 5.11 Å². The molecule has 0 spiro atoms. The van der Waals surface area contributed by atoms with Gasteiger partial charge in [-0.25, -0.2) is 4.98 Å². The summed E-state index contributed by atoms with van der Waals surface area (Å²) in [6, 6.07) is 11.5. The normalized spacial score (nSPS) is 17.3. The Morgan fingerprint density at radius 3 is 2.81 bits per heavy atom. The number of aryl methyl sites for hydroxylation is 1. The predicted molar refractivity (Wildman–Crippen MR) is 104 cm³/mol. The summed E-state index contributed by atoms with van der Waals surface area (Å²) in [6.45, 7) is 2.04. The van der Waals surface area contributed by atoms with E-state index in [0.29, 0.717) is 5.52 Å². The van der Waals surface area contributed by atoms with E-state index in [1.807, 2.05) is 55.6 Å². The van der Waals surface area contributed by atoms with Crippen molar-refractivity contribution >= 4 is 22.9 Å². The zero-order chi connectivity index (χ0) is 17.9. The van der Waals surface area contributed by atoms with E-state index >= 15 is 0 Å². The van der Waals surface area contributed by atoms with Crippen LogP contribution in [0.2, 0.25) is 0 Å². The maximum absolute atomic E-state index is 11.0. The Morgan fingerprint density at radius 2 is 2.04 bits per heavy atom. The molecule has 130 valence electrons. The third-order valence-electron chi connectivity index (χ3n) is 4.71. The van der Waals surface area contributed by atoms with E-state index in [1.54, 1.807) is 18.6 Å².